The highest BCUT2D eigenvalue weighted by molar-refractivity contribution is 6.31. The van der Waals surface area contributed by atoms with Crippen molar-refractivity contribution < 1.29 is 9.53 Å². The summed E-state index contributed by atoms with van der Waals surface area (Å²) in [5.74, 6) is 0.470. The number of rotatable bonds is 4. The lowest BCUT2D eigenvalue weighted by Crippen LogP contribution is -2.51. The van der Waals surface area contributed by atoms with Crippen LogP contribution in [0.4, 0.5) is 0 Å². The Morgan fingerprint density at radius 1 is 1.25 bits per heavy atom. The number of hydrogen-bond donors (Lipinski definition) is 1. The second kappa shape index (κ2) is 12.0. The molecular weight excluding hydrogens is 422 g/mol. The van der Waals surface area contributed by atoms with Gasteiger partial charge in [-0.2, -0.15) is 0 Å². The van der Waals surface area contributed by atoms with Gasteiger partial charge in [0.1, 0.15) is 0 Å². The second-order valence-corrected chi connectivity index (χ2v) is 8.71. The van der Waals surface area contributed by atoms with Crippen LogP contribution in [0, 0.1) is 12.8 Å². The van der Waals surface area contributed by atoms with E-state index in [1.807, 2.05) is 43.1 Å². The van der Waals surface area contributed by atoms with Crippen molar-refractivity contribution in [3.05, 3.63) is 70.4 Å². The summed E-state index contributed by atoms with van der Waals surface area (Å²) in [6.07, 6.45) is 11.3. The minimum absolute atomic E-state index is 0.170. The van der Waals surface area contributed by atoms with Gasteiger partial charge in [-0.05, 0) is 55.5 Å². The van der Waals surface area contributed by atoms with E-state index in [1.165, 1.54) is 5.57 Å². The molecule has 32 heavy (non-hydrogen) atoms. The number of halogens is 1. The van der Waals surface area contributed by atoms with E-state index in [2.05, 4.69) is 41.5 Å². The third-order valence-electron chi connectivity index (χ3n) is 5.95. The van der Waals surface area contributed by atoms with E-state index in [1.54, 1.807) is 0 Å². The molecule has 172 valence electrons. The van der Waals surface area contributed by atoms with Crippen molar-refractivity contribution in [2.45, 2.75) is 39.2 Å². The zero-order chi connectivity index (χ0) is 22.9. The zero-order valence-corrected chi connectivity index (χ0v) is 20.1. The van der Waals surface area contributed by atoms with Crippen LogP contribution in [0.2, 0.25) is 5.02 Å². The average Bonchev–Trinajstić information content (AvgIpc) is 2.79. The first-order chi connectivity index (χ1) is 15.5. The van der Waals surface area contributed by atoms with Gasteiger partial charge in [0, 0.05) is 42.8 Å². The molecule has 1 heterocycles. The number of benzene rings is 1. The first-order valence-corrected chi connectivity index (χ1v) is 11.8. The van der Waals surface area contributed by atoms with E-state index in [4.69, 9.17) is 16.3 Å². The summed E-state index contributed by atoms with van der Waals surface area (Å²) in [4.78, 5) is 18.7. The van der Waals surface area contributed by atoms with Gasteiger partial charge in [0.05, 0.1) is 18.9 Å². The number of carbonyl (C=O) groups excluding carboxylic acids is 1. The molecule has 0 bridgehead atoms. The summed E-state index contributed by atoms with van der Waals surface area (Å²) < 4.78 is 5.31. The van der Waals surface area contributed by atoms with E-state index in [9.17, 15) is 4.79 Å². The van der Waals surface area contributed by atoms with Gasteiger partial charge in [0.15, 0.2) is 0 Å². The zero-order valence-electron chi connectivity index (χ0n) is 19.3. The van der Waals surface area contributed by atoms with Crippen molar-refractivity contribution in [3.8, 4) is 0 Å². The molecule has 1 amide bonds. The van der Waals surface area contributed by atoms with Crippen molar-refractivity contribution in [2.24, 2.45) is 10.9 Å². The van der Waals surface area contributed by atoms with Gasteiger partial charge >= 0.3 is 0 Å². The minimum Gasteiger partial charge on any atom is -0.382 e. The van der Waals surface area contributed by atoms with Crippen molar-refractivity contribution in [1.82, 2.24) is 10.2 Å². The number of hydrogen-bond acceptors (Lipinski definition) is 4. The molecule has 4 rings (SSSR count). The fourth-order valence-corrected chi connectivity index (χ4v) is 4.12. The highest BCUT2D eigenvalue weighted by Crippen LogP contribution is 2.30. The summed E-state index contributed by atoms with van der Waals surface area (Å²) in [5.41, 5.74) is 4.42. The molecule has 0 radical (unpaired) electrons. The number of amides is 1. The Hall–Kier alpha value is -2.37. The van der Waals surface area contributed by atoms with Crippen LogP contribution in [0.5, 0.6) is 0 Å². The van der Waals surface area contributed by atoms with Gasteiger partial charge in [-0.25, -0.2) is 0 Å². The third-order valence-corrected chi connectivity index (χ3v) is 6.38. The molecular formula is C26H34ClN3O2. The number of nitrogens with one attached hydrogen (secondary N) is 1. The Morgan fingerprint density at radius 2 is 1.97 bits per heavy atom. The van der Waals surface area contributed by atoms with E-state index in [0.29, 0.717) is 25.2 Å². The molecule has 1 N–H and O–H groups in total. The number of nitrogens with zero attached hydrogens (tertiary/aromatic N) is 2. The minimum atomic E-state index is 0.170. The van der Waals surface area contributed by atoms with Crippen molar-refractivity contribution in [2.75, 3.05) is 33.4 Å². The van der Waals surface area contributed by atoms with Crippen LogP contribution < -0.4 is 5.32 Å². The maximum Gasteiger partial charge on any atom is 0.225 e. The summed E-state index contributed by atoms with van der Waals surface area (Å²) >= 11 is 5.71. The molecule has 6 heteroatoms. The number of aryl methyl sites for hydroxylation is 1. The standard InChI is InChI=1S/C19H27N3O2.C7H7Cl/c1-3-4-14-5-6-16(13-18(14)20-2)21-17-11-15(12-17)19(23)22-7-9-24-10-8-22;1-6-4-2-3-5-7(6)8/h4-6,13,15,17,21H,3,7-12H2,1-2H3;2-5H,1H3/b14-4-,20-18?;. The van der Waals surface area contributed by atoms with Crippen molar-refractivity contribution in [3.63, 3.8) is 0 Å². The fraction of sp³-hybridized carbons (Fsp3) is 0.462. The van der Waals surface area contributed by atoms with Gasteiger partial charge < -0.3 is 15.0 Å². The van der Waals surface area contributed by atoms with E-state index < -0.39 is 0 Å². The molecule has 2 fully saturated rings. The predicted octanol–water partition coefficient (Wildman–Crippen LogP) is 4.72. The molecule has 2 aliphatic carbocycles. The topological polar surface area (TPSA) is 53.9 Å². The molecule has 1 aromatic carbocycles. The first kappa shape index (κ1) is 24.3. The Kier molecular flexibility index (Phi) is 9.12. The molecule has 0 aromatic heterocycles. The van der Waals surface area contributed by atoms with E-state index in [-0.39, 0.29) is 5.92 Å². The van der Waals surface area contributed by atoms with Gasteiger partial charge in [0.2, 0.25) is 5.91 Å². The van der Waals surface area contributed by atoms with Crippen LogP contribution in [-0.2, 0) is 9.53 Å². The van der Waals surface area contributed by atoms with Crippen LogP contribution in [0.25, 0.3) is 0 Å². The largest absolute Gasteiger partial charge is 0.382 e. The van der Waals surface area contributed by atoms with E-state index in [0.717, 1.165) is 54.3 Å². The van der Waals surface area contributed by atoms with Gasteiger partial charge in [-0.1, -0.05) is 48.9 Å². The molecule has 5 nitrogen and oxygen atoms in total. The number of morpholine rings is 1. The predicted molar refractivity (Wildman–Crippen MR) is 132 cm³/mol. The Labute approximate surface area is 196 Å². The summed E-state index contributed by atoms with van der Waals surface area (Å²) in [6.45, 7) is 6.94. The summed E-state index contributed by atoms with van der Waals surface area (Å²) in [5, 5.41) is 4.38. The van der Waals surface area contributed by atoms with Gasteiger partial charge in [0.25, 0.3) is 0 Å². The van der Waals surface area contributed by atoms with Gasteiger partial charge in [-0.15, -0.1) is 0 Å². The molecule has 0 unspecified atom stereocenters. The normalized spacial score (nSPS) is 25.0. The molecule has 1 aromatic rings. The van der Waals surface area contributed by atoms with Crippen LogP contribution in [0.15, 0.2) is 64.8 Å². The van der Waals surface area contributed by atoms with E-state index >= 15 is 0 Å². The molecule has 0 spiro atoms. The highest BCUT2D eigenvalue weighted by atomic mass is 35.5. The highest BCUT2D eigenvalue weighted by Gasteiger charge is 2.37. The number of aliphatic imine (C=N–C) groups is 1. The molecule has 3 aliphatic rings. The van der Waals surface area contributed by atoms with Crippen LogP contribution in [0.3, 0.4) is 0 Å². The summed E-state index contributed by atoms with van der Waals surface area (Å²) in [7, 11) is 1.83. The summed E-state index contributed by atoms with van der Waals surface area (Å²) in [6, 6.07) is 8.15. The van der Waals surface area contributed by atoms with Crippen molar-refractivity contribution >= 4 is 23.2 Å². The Bertz CT molecular complexity index is 886. The molecule has 0 atom stereocenters. The average molecular weight is 456 g/mol. The van der Waals surface area contributed by atoms with Gasteiger partial charge in [-0.3, -0.25) is 9.79 Å². The molecule has 1 aliphatic heterocycles. The Balaban J connectivity index is 0.000000305. The molecule has 1 saturated heterocycles. The van der Waals surface area contributed by atoms with Crippen LogP contribution >= 0.6 is 11.6 Å². The maximum absolute atomic E-state index is 12.4. The van der Waals surface area contributed by atoms with Crippen molar-refractivity contribution in [1.29, 1.82) is 0 Å². The quantitative estimate of drug-likeness (QED) is 0.714. The maximum atomic E-state index is 12.4. The lowest BCUT2D eigenvalue weighted by atomic mass is 9.79. The lowest BCUT2D eigenvalue weighted by molar-refractivity contribution is -0.143. The SMILES string of the molecule is CC/C=C1/C=CC(NC2CC(C(=O)N3CCOCC3)C2)=CC1=NC.Cc1ccccc1Cl. The van der Waals surface area contributed by atoms with Crippen LogP contribution in [-0.4, -0.2) is 55.9 Å². The smallest absolute Gasteiger partial charge is 0.225 e. The van der Waals surface area contributed by atoms with Crippen LogP contribution in [0.1, 0.15) is 31.7 Å². The number of ether oxygens (including phenoxy) is 1. The lowest BCUT2D eigenvalue weighted by Gasteiger charge is -2.39. The monoisotopic (exact) mass is 455 g/mol. The first-order valence-electron chi connectivity index (χ1n) is 11.4. The number of allylic oxidation sites excluding steroid dienone is 5. The number of carbonyl (C=O) groups is 1. The molecule has 1 saturated carbocycles. The second-order valence-electron chi connectivity index (χ2n) is 8.31. The fourth-order valence-electron chi connectivity index (χ4n) is 3.99. The Morgan fingerprint density at radius 3 is 2.56 bits per heavy atom. The third kappa shape index (κ3) is 6.57.